The summed E-state index contributed by atoms with van der Waals surface area (Å²) in [7, 11) is 1.52. The van der Waals surface area contributed by atoms with Gasteiger partial charge in [-0.05, 0) is 25.0 Å². The average Bonchev–Trinajstić information content (AvgIpc) is 2.38. The standard InChI is InChI=1S/C13H19F3N4/c1-10-3-4-11(9-20-10)5-7-18-12(17-2)19-8-6-13(14,15)16/h3-4,9H,5-8H2,1-2H3,(H2,17,18,19). The van der Waals surface area contributed by atoms with E-state index >= 15 is 0 Å². The summed E-state index contributed by atoms with van der Waals surface area (Å²) in [4.78, 5) is 8.04. The SMILES string of the molecule is CN=C(NCCc1ccc(C)nc1)NCCC(F)(F)F. The Morgan fingerprint density at radius 3 is 2.50 bits per heavy atom. The largest absolute Gasteiger partial charge is 0.390 e. The first-order chi connectivity index (χ1) is 9.40. The molecule has 0 amide bonds. The Bertz CT molecular complexity index is 426. The van der Waals surface area contributed by atoms with E-state index in [2.05, 4.69) is 20.6 Å². The number of pyridine rings is 1. The third kappa shape index (κ3) is 6.96. The number of nitrogens with zero attached hydrogens (tertiary/aromatic N) is 2. The highest BCUT2D eigenvalue weighted by molar-refractivity contribution is 5.79. The molecule has 0 saturated carbocycles. The van der Waals surface area contributed by atoms with Gasteiger partial charge in [0.25, 0.3) is 0 Å². The topological polar surface area (TPSA) is 49.3 Å². The van der Waals surface area contributed by atoms with Crippen molar-refractivity contribution in [1.82, 2.24) is 15.6 Å². The Balaban J connectivity index is 2.26. The fourth-order valence-corrected chi connectivity index (χ4v) is 1.51. The lowest BCUT2D eigenvalue weighted by Crippen LogP contribution is -2.39. The second kappa shape index (κ2) is 7.72. The van der Waals surface area contributed by atoms with Crippen LogP contribution in [0.2, 0.25) is 0 Å². The molecular weight excluding hydrogens is 269 g/mol. The minimum atomic E-state index is -4.15. The first-order valence-corrected chi connectivity index (χ1v) is 6.33. The maximum atomic E-state index is 12.0. The normalized spacial score (nSPS) is 12.3. The van der Waals surface area contributed by atoms with E-state index < -0.39 is 12.6 Å². The third-order valence-corrected chi connectivity index (χ3v) is 2.60. The van der Waals surface area contributed by atoms with Crippen molar-refractivity contribution < 1.29 is 13.2 Å². The van der Waals surface area contributed by atoms with Crippen LogP contribution < -0.4 is 10.6 Å². The van der Waals surface area contributed by atoms with Gasteiger partial charge in [0.15, 0.2) is 5.96 Å². The summed E-state index contributed by atoms with van der Waals surface area (Å²) in [6, 6.07) is 3.90. The van der Waals surface area contributed by atoms with Gasteiger partial charge < -0.3 is 10.6 Å². The maximum Gasteiger partial charge on any atom is 0.390 e. The highest BCUT2D eigenvalue weighted by atomic mass is 19.4. The van der Waals surface area contributed by atoms with Crippen LogP contribution in [0.1, 0.15) is 17.7 Å². The summed E-state index contributed by atoms with van der Waals surface area (Å²) in [6.45, 7) is 2.31. The zero-order valence-electron chi connectivity index (χ0n) is 11.6. The molecule has 1 heterocycles. The van der Waals surface area contributed by atoms with E-state index in [-0.39, 0.29) is 6.54 Å². The van der Waals surface area contributed by atoms with Crippen molar-refractivity contribution in [2.75, 3.05) is 20.1 Å². The zero-order chi connectivity index (χ0) is 15.0. The minimum absolute atomic E-state index is 0.185. The van der Waals surface area contributed by atoms with Gasteiger partial charge in [-0.25, -0.2) is 0 Å². The van der Waals surface area contributed by atoms with E-state index in [0.29, 0.717) is 12.5 Å². The lowest BCUT2D eigenvalue weighted by atomic mass is 10.2. The molecule has 0 fully saturated rings. The van der Waals surface area contributed by atoms with Crippen molar-refractivity contribution in [3.63, 3.8) is 0 Å². The fraction of sp³-hybridized carbons (Fsp3) is 0.538. The molecule has 0 saturated heterocycles. The predicted molar refractivity (Wildman–Crippen MR) is 72.7 cm³/mol. The van der Waals surface area contributed by atoms with Crippen LogP contribution in [-0.4, -0.2) is 37.3 Å². The summed E-state index contributed by atoms with van der Waals surface area (Å²) in [5.74, 6) is 0.370. The van der Waals surface area contributed by atoms with Crippen molar-refractivity contribution in [2.45, 2.75) is 25.9 Å². The first-order valence-electron chi connectivity index (χ1n) is 6.33. The van der Waals surface area contributed by atoms with Gasteiger partial charge in [0.05, 0.1) is 6.42 Å². The molecule has 1 rings (SSSR count). The number of aromatic nitrogens is 1. The monoisotopic (exact) mass is 288 g/mol. The number of hydrogen-bond acceptors (Lipinski definition) is 2. The van der Waals surface area contributed by atoms with Crippen LogP contribution >= 0.6 is 0 Å². The summed E-state index contributed by atoms with van der Waals surface area (Å²) in [5, 5.41) is 5.59. The summed E-state index contributed by atoms with van der Waals surface area (Å²) < 4.78 is 36.0. The number of rotatable bonds is 5. The number of nitrogens with one attached hydrogen (secondary N) is 2. The zero-order valence-corrected chi connectivity index (χ0v) is 11.6. The molecule has 4 nitrogen and oxygen atoms in total. The van der Waals surface area contributed by atoms with Gasteiger partial charge in [-0.2, -0.15) is 13.2 Å². The van der Waals surface area contributed by atoms with E-state index in [1.807, 2.05) is 19.1 Å². The number of aryl methyl sites for hydroxylation is 1. The summed E-state index contributed by atoms with van der Waals surface area (Å²) in [5.41, 5.74) is 2.01. The Morgan fingerprint density at radius 1 is 1.25 bits per heavy atom. The maximum absolute atomic E-state index is 12.0. The van der Waals surface area contributed by atoms with E-state index in [9.17, 15) is 13.2 Å². The van der Waals surface area contributed by atoms with Gasteiger partial charge >= 0.3 is 6.18 Å². The van der Waals surface area contributed by atoms with Crippen molar-refractivity contribution in [3.8, 4) is 0 Å². The highest BCUT2D eigenvalue weighted by Crippen LogP contribution is 2.17. The van der Waals surface area contributed by atoms with Crippen LogP contribution in [0.3, 0.4) is 0 Å². The number of guanidine groups is 1. The Hall–Kier alpha value is -1.79. The second-order valence-electron chi connectivity index (χ2n) is 4.35. The van der Waals surface area contributed by atoms with Gasteiger partial charge in [-0.3, -0.25) is 9.98 Å². The predicted octanol–water partition coefficient (Wildman–Crippen LogP) is 2.05. The van der Waals surface area contributed by atoms with Crippen LogP contribution in [0.25, 0.3) is 0 Å². The number of hydrogen-bond donors (Lipinski definition) is 2. The quantitative estimate of drug-likeness (QED) is 0.644. The van der Waals surface area contributed by atoms with Crippen molar-refractivity contribution >= 4 is 5.96 Å². The van der Waals surface area contributed by atoms with Gasteiger partial charge in [-0.1, -0.05) is 6.07 Å². The Morgan fingerprint density at radius 2 is 1.95 bits per heavy atom. The summed E-state index contributed by atoms with van der Waals surface area (Å²) >= 11 is 0. The van der Waals surface area contributed by atoms with Crippen LogP contribution in [0.4, 0.5) is 13.2 Å². The molecule has 0 unspecified atom stereocenters. The highest BCUT2D eigenvalue weighted by Gasteiger charge is 2.26. The van der Waals surface area contributed by atoms with E-state index in [1.165, 1.54) is 7.05 Å². The molecule has 0 atom stereocenters. The second-order valence-corrected chi connectivity index (χ2v) is 4.35. The van der Waals surface area contributed by atoms with Crippen molar-refractivity contribution in [3.05, 3.63) is 29.6 Å². The van der Waals surface area contributed by atoms with Crippen molar-refractivity contribution in [2.24, 2.45) is 4.99 Å². The Kier molecular flexibility index (Phi) is 6.27. The molecule has 0 aromatic carbocycles. The molecular formula is C13H19F3N4. The minimum Gasteiger partial charge on any atom is -0.356 e. The fourth-order valence-electron chi connectivity index (χ4n) is 1.51. The molecule has 0 aliphatic heterocycles. The van der Waals surface area contributed by atoms with Crippen LogP contribution in [0, 0.1) is 6.92 Å². The molecule has 1 aromatic rings. The van der Waals surface area contributed by atoms with Gasteiger partial charge in [0, 0.05) is 32.0 Å². The number of halogens is 3. The molecule has 0 bridgehead atoms. The first kappa shape index (κ1) is 16.3. The van der Waals surface area contributed by atoms with Crippen LogP contribution in [0.15, 0.2) is 23.3 Å². The molecule has 0 spiro atoms. The molecule has 112 valence electrons. The lowest BCUT2D eigenvalue weighted by molar-refractivity contribution is -0.132. The van der Waals surface area contributed by atoms with Crippen LogP contribution in [-0.2, 0) is 6.42 Å². The molecule has 0 aliphatic rings. The molecule has 7 heteroatoms. The third-order valence-electron chi connectivity index (χ3n) is 2.60. The van der Waals surface area contributed by atoms with Gasteiger partial charge in [-0.15, -0.1) is 0 Å². The molecule has 0 aliphatic carbocycles. The van der Waals surface area contributed by atoms with Gasteiger partial charge in [0.1, 0.15) is 0 Å². The van der Waals surface area contributed by atoms with Crippen LogP contribution in [0.5, 0.6) is 0 Å². The number of alkyl halides is 3. The lowest BCUT2D eigenvalue weighted by Gasteiger charge is -2.12. The molecule has 20 heavy (non-hydrogen) atoms. The average molecular weight is 288 g/mol. The Labute approximate surface area is 116 Å². The van der Waals surface area contributed by atoms with Crippen molar-refractivity contribution in [1.29, 1.82) is 0 Å². The number of aliphatic imine (C=N–C) groups is 1. The van der Waals surface area contributed by atoms with E-state index in [0.717, 1.165) is 17.7 Å². The van der Waals surface area contributed by atoms with Gasteiger partial charge in [0.2, 0.25) is 0 Å². The summed E-state index contributed by atoms with van der Waals surface area (Å²) in [6.07, 6.45) is -2.51. The molecule has 0 radical (unpaired) electrons. The molecule has 1 aromatic heterocycles. The van der Waals surface area contributed by atoms with E-state index in [4.69, 9.17) is 0 Å². The smallest absolute Gasteiger partial charge is 0.356 e. The van der Waals surface area contributed by atoms with E-state index in [1.54, 1.807) is 6.20 Å². The molecule has 2 N–H and O–H groups in total.